The average Bonchev–Trinajstić information content (AvgIpc) is 3.49. The first-order valence-corrected chi connectivity index (χ1v) is 12.8. The Balaban J connectivity index is 1.28. The fourth-order valence-electron chi connectivity index (χ4n) is 4.27. The molecule has 0 spiro atoms. The summed E-state index contributed by atoms with van der Waals surface area (Å²) >= 11 is 0. The maximum Gasteiger partial charge on any atom is 0.335 e. The number of halogens is 1. The molecule has 5 aromatic rings. The van der Waals surface area contributed by atoms with E-state index in [-0.39, 0.29) is 52.8 Å². The number of nitrogens with two attached hydrogens (primary N) is 1. The van der Waals surface area contributed by atoms with Crippen LogP contribution in [0.1, 0.15) is 61.0 Å². The fraction of sp³-hybridized carbons (Fsp3) is 0.143. The number of anilines is 2. The second-order valence-electron chi connectivity index (χ2n) is 9.53. The summed E-state index contributed by atoms with van der Waals surface area (Å²) in [6.07, 6.45) is 1.18. The van der Waals surface area contributed by atoms with Gasteiger partial charge in [-0.1, -0.05) is 18.2 Å². The van der Waals surface area contributed by atoms with Gasteiger partial charge in [-0.3, -0.25) is 19.2 Å². The van der Waals surface area contributed by atoms with Crippen LogP contribution in [-0.2, 0) is 13.1 Å². The number of nitrogens with zero attached hydrogens (tertiary/aromatic N) is 4. The molecule has 0 fully saturated rings. The summed E-state index contributed by atoms with van der Waals surface area (Å²) in [6.45, 7) is 1.56. The number of amides is 2. The van der Waals surface area contributed by atoms with Crippen LogP contribution in [0.5, 0.6) is 0 Å². The van der Waals surface area contributed by atoms with Crippen LogP contribution in [0.25, 0.3) is 5.78 Å². The highest BCUT2D eigenvalue weighted by atomic mass is 19.1. The molecule has 15 heteroatoms. The van der Waals surface area contributed by atoms with Crippen molar-refractivity contribution in [3.63, 3.8) is 0 Å². The van der Waals surface area contributed by atoms with Gasteiger partial charge in [0.1, 0.15) is 34.9 Å². The van der Waals surface area contributed by atoms with Crippen molar-refractivity contribution in [1.29, 1.82) is 0 Å². The Bertz CT molecular complexity index is 1960. The van der Waals surface area contributed by atoms with Gasteiger partial charge in [-0.25, -0.2) is 14.2 Å². The Kier molecular flexibility index (Phi) is 7.62. The minimum Gasteiger partial charge on any atom is -0.478 e. The van der Waals surface area contributed by atoms with E-state index in [4.69, 9.17) is 10.8 Å². The molecule has 0 aliphatic carbocycles. The zero-order valence-electron chi connectivity index (χ0n) is 22.4. The first-order valence-electron chi connectivity index (χ1n) is 12.8. The van der Waals surface area contributed by atoms with Gasteiger partial charge in [0.15, 0.2) is 0 Å². The maximum absolute atomic E-state index is 14.4. The zero-order valence-corrected chi connectivity index (χ0v) is 22.4. The second-order valence-corrected chi connectivity index (χ2v) is 9.53. The van der Waals surface area contributed by atoms with Gasteiger partial charge in [-0.05, 0) is 42.3 Å². The highest BCUT2D eigenvalue weighted by Crippen LogP contribution is 2.17. The number of hydrogen-bond acceptors (Lipinski definition) is 10. The van der Waals surface area contributed by atoms with Crippen LogP contribution < -0.4 is 32.5 Å². The third kappa shape index (κ3) is 5.76. The van der Waals surface area contributed by atoms with E-state index in [1.807, 2.05) is 0 Å². The van der Waals surface area contributed by atoms with Crippen LogP contribution in [0.3, 0.4) is 0 Å². The molecule has 3 aromatic carbocycles. The quantitative estimate of drug-likeness (QED) is 0.147. The Morgan fingerprint density at radius 2 is 1.77 bits per heavy atom. The van der Waals surface area contributed by atoms with E-state index in [1.165, 1.54) is 42.7 Å². The van der Waals surface area contributed by atoms with Crippen molar-refractivity contribution < 1.29 is 23.9 Å². The van der Waals surface area contributed by atoms with E-state index in [0.29, 0.717) is 11.1 Å². The van der Waals surface area contributed by atoms with Crippen LogP contribution in [0.4, 0.5) is 15.8 Å². The van der Waals surface area contributed by atoms with Crippen LogP contribution in [0, 0.1) is 5.82 Å². The standard InChI is InChI=1S/C28H23FN8O6/c1-13(15-3-5-16(6-4-15)27(42)43)35-25(40)19-9-20(37-28(36-19)33-12-34-37)26(41)32-10-14-2-7-18(29)17(8-14)11-31-22-21(30)23(38)24(22)39/h2-9,12-13,31H,10-11,30H2,1H3,(H,32,41)(H,35,40)(H,42,43)/t13-/m0/s1. The summed E-state index contributed by atoms with van der Waals surface area (Å²) in [6, 6.07) is 10.9. The normalized spacial score (nSPS) is 11.8. The molecule has 2 heterocycles. The number of carboxylic acids is 1. The Morgan fingerprint density at radius 3 is 2.47 bits per heavy atom. The largest absolute Gasteiger partial charge is 0.478 e. The molecular weight excluding hydrogens is 563 g/mol. The van der Waals surface area contributed by atoms with Gasteiger partial charge in [0.05, 0.1) is 11.6 Å². The Morgan fingerprint density at radius 1 is 1.02 bits per heavy atom. The van der Waals surface area contributed by atoms with Crippen LogP contribution >= 0.6 is 0 Å². The predicted molar refractivity (Wildman–Crippen MR) is 151 cm³/mol. The Labute approximate surface area is 241 Å². The van der Waals surface area contributed by atoms with Crippen LogP contribution in [-0.4, -0.2) is 42.5 Å². The topological polar surface area (TPSA) is 211 Å². The summed E-state index contributed by atoms with van der Waals surface area (Å²) in [5, 5.41) is 21.2. The van der Waals surface area contributed by atoms with E-state index in [9.17, 15) is 28.4 Å². The number of fused-ring (bicyclic) bond motifs is 1. The molecular formula is C28H23FN8O6. The molecule has 0 radical (unpaired) electrons. The van der Waals surface area contributed by atoms with E-state index >= 15 is 0 Å². The number of nitrogens with one attached hydrogen (secondary N) is 3. The number of carbonyl (C=O) groups is 3. The summed E-state index contributed by atoms with van der Waals surface area (Å²) in [5.41, 5.74) is 4.98. The number of benzene rings is 2. The van der Waals surface area contributed by atoms with E-state index in [1.54, 1.807) is 19.1 Å². The smallest absolute Gasteiger partial charge is 0.335 e. The molecule has 0 saturated heterocycles. The molecule has 0 saturated carbocycles. The third-order valence-electron chi connectivity index (χ3n) is 6.69. The van der Waals surface area contributed by atoms with Gasteiger partial charge in [0.25, 0.3) is 28.4 Å². The van der Waals surface area contributed by atoms with Gasteiger partial charge >= 0.3 is 5.97 Å². The third-order valence-corrected chi connectivity index (χ3v) is 6.69. The lowest BCUT2D eigenvalue weighted by atomic mass is 10.1. The molecule has 5 rings (SSSR count). The van der Waals surface area contributed by atoms with E-state index in [0.717, 1.165) is 4.52 Å². The van der Waals surface area contributed by atoms with Crippen molar-refractivity contribution in [3.8, 4) is 0 Å². The molecule has 0 aliphatic rings. The molecule has 0 bridgehead atoms. The number of hydrogen-bond donors (Lipinski definition) is 5. The van der Waals surface area contributed by atoms with Crippen molar-refractivity contribution in [2.45, 2.75) is 26.1 Å². The average molecular weight is 587 g/mol. The number of nitrogen functional groups attached to an aromatic ring is 1. The molecule has 0 aliphatic heterocycles. The van der Waals surface area contributed by atoms with Crippen molar-refractivity contribution in [2.75, 3.05) is 11.1 Å². The highest BCUT2D eigenvalue weighted by Gasteiger charge is 2.21. The molecule has 0 unspecified atom stereocenters. The predicted octanol–water partition coefficient (Wildman–Crippen LogP) is 1.17. The highest BCUT2D eigenvalue weighted by molar-refractivity contribution is 5.98. The molecule has 14 nitrogen and oxygen atoms in total. The minimum absolute atomic E-state index is 0.00371. The first-order chi connectivity index (χ1) is 20.5. The van der Waals surface area contributed by atoms with Gasteiger partial charge in [0, 0.05) is 24.7 Å². The van der Waals surface area contributed by atoms with E-state index < -0.39 is 40.5 Å². The molecule has 2 amide bonds. The van der Waals surface area contributed by atoms with Gasteiger partial charge in [-0.2, -0.15) is 14.6 Å². The molecule has 2 aromatic heterocycles. The summed E-state index contributed by atoms with van der Waals surface area (Å²) in [4.78, 5) is 68.4. The molecule has 1 atom stereocenters. The number of carbonyl (C=O) groups excluding carboxylic acids is 2. The lowest BCUT2D eigenvalue weighted by Crippen LogP contribution is -2.37. The molecule has 43 heavy (non-hydrogen) atoms. The van der Waals surface area contributed by atoms with Gasteiger partial charge in [-0.15, -0.1) is 0 Å². The lowest BCUT2D eigenvalue weighted by Gasteiger charge is -2.15. The van der Waals surface area contributed by atoms with Crippen molar-refractivity contribution in [1.82, 2.24) is 30.2 Å². The zero-order chi connectivity index (χ0) is 30.8. The molecule has 6 N–H and O–H groups in total. The number of aromatic nitrogens is 4. The van der Waals surface area contributed by atoms with Gasteiger partial charge in [0.2, 0.25) is 0 Å². The summed E-state index contributed by atoms with van der Waals surface area (Å²) < 4.78 is 15.5. The summed E-state index contributed by atoms with van der Waals surface area (Å²) in [5.74, 6) is -2.86. The number of rotatable bonds is 10. The first kappa shape index (κ1) is 28.5. The van der Waals surface area contributed by atoms with Crippen molar-refractivity contribution in [3.05, 3.63) is 115 Å². The maximum atomic E-state index is 14.4. The second kappa shape index (κ2) is 11.5. The number of carboxylic acid groups (broad SMARTS) is 1. The SMILES string of the molecule is C[C@H](NC(=O)c1cc(C(=O)NCc2ccc(F)c(CNc3c(N)c(=O)c3=O)c2)n2ncnc2n1)c1ccc(C(=O)O)cc1. The van der Waals surface area contributed by atoms with Crippen LogP contribution in [0.15, 0.2) is 64.4 Å². The van der Waals surface area contributed by atoms with Gasteiger partial charge < -0.3 is 26.8 Å². The summed E-state index contributed by atoms with van der Waals surface area (Å²) in [7, 11) is 0. The van der Waals surface area contributed by atoms with E-state index in [2.05, 4.69) is 31.0 Å². The van der Waals surface area contributed by atoms with Crippen LogP contribution in [0.2, 0.25) is 0 Å². The lowest BCUT2D eigenvalue weighted by molar-refractivity contribution is 0.0696. The molecule has 218 valence electrons. The van der Waals surface area contributed by atoms with Crippen molar-refractivity contribution in [2.24, 2.45) is 0 Å². The number of aromatic carboxylic acids is 1. The fourth-order valence-corrected chi connectivity index (χ4v) is 4.27. The minimum atomic E-state index is -1.07. The monoisotopic (exact) mass is 586 g/mol. The Hall–Kier alpha value is -5.99. The van der Waals surface area contributed by atoms with Crippen molar-refractivity contribution >= 4 is 34.9 Å².